The Balaban J connectivity index is 1.97. The van der Waals surface area contributed by atoms with Gasteiger partial charge in [-0.05, 0) is 38.1 Å². The fraction of sp³-hybridized carbons (Fsp3) is 1.00. The smallest absolute Gasteiger partial charge is 0.00953 e. The molecule has 2 rings (SSSR count). The maximum atomic E-state index is 3.58. The third-order valence-corrected chi connectivity index (χ3v) is 2.82. The molecule has 1 saturated heterocycles. The first-order valence-electron chi connectivity index (χ1n) is 4.20. The van der Waals surface area contributed by atoms with Gasteiger partial charge >= 0.3 is 0 Å². The molecule has 2 atom stereocenters. The van der Waals surface area contributed by atoms with Crippen molar-refractivity contribution in [2.45, 2.75) is 38.1 Å². The molecule has 1 aliphatic heterocycles. The van der Waals surface area contributed by atoms with Crippen molar-refractivity contribution in [1.29, 1.82) is 0 Å². The summed E-state index contributed by atoms with van der Waals surface area (Å²) >= 11 is 0. The van der Waals surface area contributed by atoms with E-state index in [0.29, 0.717) is 0 Å². The van der Waals surface area contributed by atoms with Crippen molar-refractivity contribution >= 4 is 0 Å². The second-order valence-corrected chi connectivity index (χ2v) is 3.39. The summed E-state index contributed by atoms with van der Waals surface area (Å²) in [5.41, 5.74) is 0. The topological polar surface area (TPSA) is 12.0 Å². The van der Waals surface area contributed by atoms with Gasteiger partial charge in [-0.3, -0.25) is 0 Å². The summed E-state index contributed by atoms with van der Waals surface area (Å²) in [7, 11) is 0. The Kier molecular flexibility index (Phi) is 1.46. The number of hydrogen-bond acceptors (Lipinski definition) is 1. The SMILES string of the molecule is C1CN[C@@H]2CCC[C@H]2C1. The second kappa shape index (κ2) is 2.30. The lowest BCUT2D eigenvalue weighted by atomic mass is 9.94. The van der Waals surface area contributed by atoms with Gasteiger partial charge < -0.3 is 5.32 Å². The quantitative estimate of drug-likeness (QED) is 0.518. The van der Waals surface area contributed by atoms with Crippen molar-refractivity contribution in [1.82, 2.24) is 5.32 Å². The zero-order chi connectivity index (χ0) is 6.10. The van der Waals surface area contributed by atoms with Crippen LogP contribution in [0.1, 0.15) is 32.1 Å². The van der Waals surface area contributed by atoms with Crippen LogP contribution in [0.4, 0.5) is 0 Å². The van der Waals surface area contributed by atoms with Crippen molar-refractivity contribution < 1.29 is 0 Å². The Hall–Kier alpha value is -0.0400. The van der Waals surface area contributed by atoms with E-state index in [1.807, 2.05) is 0 Å². The lowest BCUT2D eigenvalue weighted by molar-refractivity contribution is 0.318. The second-order valence-electron chi connectivity index (χ2n) is 3.39. The van der Waals surface area contributed by atoms with Gasteiger partial charge in [0.05, 0.1) is 0 Å². The Morgan fingerprint density at radius 3 is 2.78 bits per heavy atom. The first-order valence-corrected chi connectivity index (χ1v) is 4.20. The van der Waals surface area contributed by atoms with Crippen LogP contribution in [0.25, 0.3) is 0 Å². The molecule has 9 heavy (non-hydrogen) atoms. The molecule has 0 amide bonds. The van der Waals surface area contributed by atoms with Crippen LogP contribution in [-0.4, -0.2) is 12.6 Å². The molecular formula is C8H15N. The summed E-state index contributed by atoms with van der Waals surface area (Å²) in [6.45, 7) is 1.28. The minimum Gasteiger partial charge on any atom is -0.314 e. The Morgan fingerprint density at radius 2 is 1.89 bits per heavy atom. The highest BCUT2D eigenvalue weighted by Crippen LogP contribution is 2.31. The van der Waals surface area contributed by atoms with Gasteiger partial charge in [0.2, 0.25) is 0 Å². The van der Waals surface area contributed by atoms with Crippen molar-refractivity contribution in [2.24, 2.45) is 5.92 Å². The monoisotopic (exact) mass is 125 g/mol. The van der Waals surface area contributed by atoms with Gasteiger partial charge in [0, 0.05) is 6.04 Å². The van der Waals surface area contributed by atoms with E-state index >= 15 is 0 Å². The van der Waals surface area contributed by atoms with Gasteiger partial charge in [-0.1, -0.05) is 6.42 Å². The van der Waals surface area contributed by atoms with Gasteiger partial charge in [0.1, 0.15) is 0 Å². The first-order chi connectivity index (χ1) is 4.47. The fourth-order valence-electron chi connectivity index (χ4n) is 2.30. The predicted octanol–water partition coefficient (Wildman–Crippen LogP) is 1.54. The van der Waals surface area contributed by atoms with Gasteiger partial charge in [-0.2, -0.15) is 0 Å². The molecule has 1 nitrogen and oxygen atoms in total. The maximum absolute atomic E-state index is 3.58. The molecule has 0 aromatic rings. The van der Waals surface area contributed by atoms with Gasteiger partial charge in [0.25, 0.3) is 0 Å². The van der Waals surface area contributed by atoms with Crippen LogP contribution in [0.2, 0.25) is 0 Å². The normalized spacial score (nSPS) is 42.7. The third-order valence-electron chi connectivity index (χ3n) is 2.82. The Labute approximate surface area is 56.8 Å². The summed E-state index contributed by atoms with van der Waals surface area (Å²) < 4.78 is 0. The molecule has 0 bridgehead atoms. The van der Waals surface area contributed by atoms with Crippen molar-refractivity contribution in [3.05, 3.63) is 0 Å². The molecule has 0 unspecified atom stereocenters. The highest BCUT2D eigenvalue weighted by molar-refractivity contribution is 4.86. The number of hydrogen-bond donors (Lipinski definition) is 1. The Bertz CT molecular complexity index is 88.7. The molecule has 2 aliphatic rings. The number of nitrogens with one attached hydrogen (secondary N) is 1. The lowest BCUT2D eigenvalue weighted by Crippen LogP contribution is -2.37. The molecule has 1 heteroatoms. The predicted molar refractivity (Wildman–Crippen MR) is 38.4 cm³/mol. The lowest BCUT2D eigenvalue weighted by Gasteiger charge is -2.26. The number of fused-ring (bicyclic) bond motifs is 1. The van der Waals surface area contributed by atoms with E-state index in [0.717, 1.165) is 12.0 Å². The van der Waals surface area contributed by atoms with Crippen LogP contribution in [0.15, 0.2) is 0 Å². The molecule has 1 heterocycles. The average molecular weight is 125 g/mol. The van der Waals surface area contributed by atoms with Crippen molar-refractivity contribution in [3.8, 4) is 0 Å². The summed E-state index contributed by atoms with van der Waals surface area (Å²) in [4.78, 5) is 0. The molecule has 52 valence electrons. The van der Waals surface area contributed by atoms with Crippen molar-refractivity contribution in [3.63, 3.8) is 0 Å². The van der Waals surface area contributed by atoms with Gasteiger partial charge in [-0.15, -0.1) is 0 Å². The summed E-state index contributed by atoms with van der Waals surface area (Å²) in [5, 5.41) is 3.58. The minimum atomic E-state index is 0.916. The standard InChI is InChI=1S/C8H15N/c1-3-7-4-2-6-9-8(7)5-1/h7-9H,1-6H2/t7-,8+/m0/s1. The van der Waals surface area contributed by atoms with E-state index in [-0.39, 0.29) is 0 Å². The average Bonchev–Trinajstić information content (AvgIpc) is 2.33. The van der Waals surface area contributed by atoms with Crippen LogP contribution in [0.3, 0.4) is 0 Å². The van der Waals surface area contributed by atoms with E-state index in [4.69, 9.17) is 0 Å². The van der Waals surface area contributed by atoms with Crippen LogP contribution in [0, 0.1) is 5.92 Å². The molecule has 0 radical (unpaired) electrons. The van der Waals surface area contributed by atoms with E-state index in [2.05, 4.69) is 5.32 Å². The summed E-state index contributed by atoms with van der Waals surface area (Å²) in [6.07, 6.45) is 7.34. The molecule has 2 fully saturated rings. The zero-order valence-electron chi connectivity index (χ0n) is 5.90. The summed E-state index contributed by atoms with van der Waals surface area (Å²) in [5.74, 6) is 1.05. The molecule has 1 aliphatic carbocycles. The number of piperidine rings is 1. The fourth-order valence-corrected chi connectivity index (χ4v) is 2.30. The minimum absolute atomic E-state index is 0.916. The maximum Gasteiger partial charge on any atom is 0.00953 e. The van der Waals surface area contributed by atoms with E-state index in [9.17, 15) is 0 Å². The highest BCUT2D eigenvalue weighted by atomic mass is 14.9. The zero-order valence-corrected chi connectivity index (χ0v) is 5.90. The molecule has 0 aromatic heterocycles. The molecular weight excluding hydrogens is 110 g/mol. The van der Waals surface area contributed by atoms with Crippen molar-refractivity contribution in [2.75, 3.05) is 6.54 Å². The third kappa shape index (κ3) is 0.983. The van der Waals surface area contributed by atoms with Gasteiger partial charge in [-0.25, -0.2) is 0 Å². The molecule has 1 N–H and O–H groups in total. The number of rotatable bonds is 0. The van der Waals surface area contributed by atoms with E-state index in [1.165, 1.54) is 38.6 Å². The molecule has 0 spiro atoms. The molecule has 1 saturated carbocycles. The molecule has 0 aromatic carbocycles. The summed E-state index contributed by atoms with van der Waals surface area (Å²) in [6, 6.07) is 0.916. The van der Waals surface area contributed by atoms with Crippen LogP contribution < -0.4 is 5.32 Å². The first kappa shape index (κ1) is 5.72. The van der Waals surface area contributed by atoms with Crippen LogP contribution >= 0.6 is 0 Å². The van der Waals surface area contributed by atoms with Crippen LogP contribution in [0.5, 0.6) is 0 Å². The van der Waals surface area contributed by atoms with Gasteiger partial charge in [0.15, 0.2) is 0 Å². The van der Waals surface area contributed by atoms with Crippen LogP contribution in [-0.2, 0) is 0 Å². The highest BCUT2D eigenvalue weighted by Gasteiger charge is 2.28. The van der Waals surface area contributed by atoms with E-state index < -0.39 is 0 Å². The largest absolute Gasteiger partial charge is 0.314 e. The van der Waals surface area contributed by atoms with E-state index in [1.54, 1.807) is 0 Å². The Morgan fingerprint density at radius 1 is 1.00 bits per heavy atom.